The third-order valence-electron chi connectivity index (χ3n) is 3.30. The Bertz CT molecular complexity index is 372. The van der Waals surface area contributed by atoms with Crippen LogP contribution in [0.1, 0.15) is 24.8 Å². The second-order valence-electron chi connectivity index (χ2n) is 4.54. The molecule has 0 amide bonds. The molecule has 1 heterocycles. The molecule has 1 atom stereocenters. The Hall–Kier alpha value is -1.41. The van der Waals surface area contributed by atoms with Gasteiger partial charge in [-0.1, -0.05) is 42.8 Å². The summed E-state index contributed by atoms with van der Waals surface area (Å²) < 4.78 is 0. The van der Waals surface area contributed by atoms with Crippen molar-refractivity contribution in [1.29, 1.82) is 0 Å². The zero-order chi connectivity index (χ0) is 11.9. The smallest absolute Gasteiger partial charge is 0.142 e. The quantitative estimate of drug-likeness (QED) is 0.584. The number of carbonyl (C=O) groups is 1. The van der Waals surface area contributed by atoms with E-state index in [0.717, 1.165) is 25.8 Å². The highest BCUT2D eigenvalue weighted by Crippen LogP contribution is 2.20. The van der Waals surface area contributed by atoms with E-state index >= 15 is 0 Å². The Morgan fingerprint density at radius 3 is 2.82 bits per heavy atom. The lowest BCUT2D eigenvalue weighted by atomic mass is 10.0. The lowest BCUT2D eigenvalue weighted by Crippen LogP contribution is -2.37. The fourth-order valence-electron chi connectivity index (χ4n) is 2.42. The molecule has 0 aliphatic carbocycles. The summed E-state index contributed by atoms with van der Waals surface area (Å²) in [4.78, 5) is 12.9. The van der Waals surface area contributed by atoms with E-state index in [1.807, 2.05) is 12.1 Å². The summed E-state index contributed by atoms with van der Waals surface area (Å²) in [7, 11) is 0. The molecule has 0 spiro atoms. The van der Waals surface area contributed by atoms with Crippen molar-refractivity contribution in [3.05, 3.63) is 48.0 Å². The van der Waals surface area contributed by atoms with Crippen molar-refractivity contribution in [3.8, 4) is 0 Å². The monoisotopic (exact) mass is 229 g/mol. The van der Waals surface area contributed by atoms with Crippen LogP contribution in [0.3, 0.4) is 0 Å². The molecule has 90 valence electrons. The van der Waals surface area contributed by atoms with Crippen LogP contribution in [0.4, 0.5) is 0 Å². The van der Waals surface area contributed by atoms with Crippen LogP contribution in [-0.2, 0) is 11.3 Å². The molecule has 0 N–H and O–H groups in total. The lowest BCUT2D eigenvalue weighted by Gasteiger charge is -2.33. The van der Waals surface area contributed by atoms with E-state index in [2.05, 4.69) is 29.2 Å². The molecular weight excluding hydrogens is 210 g/mol. The standard InChI is InChI=1S/C15H19NO/c17-12-6-10-15-9-4-5-11-16(15)13-14-7-2-1-3-8-14/h1-3,6-8,10,12,15H,4-5,9,11,13H2/b10-6+. The number of rotatable bonds is 4. The van der Waals surface area contributed by atoms with Crippen molar-refractivity contribution < 1.29 is 4.79 Å². The van der Waals surface area contributed by atoms with E-state index in [4.69, 9.17) is 0 Å². The second kappa shape index (κ2) is 6.36. The molecule has 1 aromatic rings. The molecule has 1 aromatic carbocycles. The van der Waals surface area contributed by atoms with Gasteiger partial charge in [0, 0.05) is 12.6 Å². The van der Waals surface area contributed by atoms with Crippen LogP contribution >= 0.6 is 0 Å². The highest BCUT2D eigenvalue weighted by Gasteiger charge is 2.19. The van der Waals surface area contributed by atoms with Crippen molar-refractivity contribution in [3.63, 3.8) is 0 Å². The Balaban J connectivity index is 2.01. The first kappa shape index (κ1) is 12.1. The van der Waals surface area contributed by atoms with Crippen LogP contribution < -0.4 is 0 Å². The number of allylic oxidation sites excluding steroid dienone is 1. The molecule has 1 fully saturated rings. The van der Waals surface area contributed by atoms with Gasteiger partial charge in [0.2, 0.25) is 0 Å². The Labute approximate surface area is 103 Å². The van der Waals surface area contributed by atoms with Gasteiger partial charge >= 0.3 is 0 Å². The fraction of sp³-hybridized carbons (Fsp3) is 0.400. The number of carbonyl (C=O) groups excluding carboxylic acids is 1. The molecule has 1 saturated heterocycles. The molecule has 2 heteroatoms. The van der Waals surface area contributed by atoms with Gasteiger partial charge < -0.3 is 0 Å². The number of hydrogen-bond donors (Lipinski definition) is 0. The van der Waals surface area contributed by atoms with Crippen LogP contribution in [0, 0.1) is 0 Å². The van der Waals surface area contributed by atoms with E-state index in [1.165, 1.54) is 18.4 Å². The Morgan fingerprint density at radius 2 is 2.06 bits per heavy atom. The number of benzene rings is 1. The molecule has 2 nitrogen and oxygen atoms in total. The maximum atomic E-state index is 10.4. The Kier molecular flexibility index (Phi) is 4.51. The van der Waals surface area contributed by atoms with Crippen LogP contribution in [0.25, 0.3) is 0 Å². The van der Waals surface area contributed by atoms with Crippen LogP contribution in [0.5, 0.6) is 0 Å². The maximum Gasteiger partial charge on any atom is 0.142 e. The summed E-state index contributed by atoms with van der Waals surface area (Å²) >= 11 is 0. The SMILES string of the molecule is O=C/C=C/C1CCCCN1Cc1ccccc1. The molecule has 0 radical (unpaired) electrons. The van der Waals surface area contributed by atoms with Crippen molar-refractivity contribution >= 4 is 6.29 Å². The van der Waals surface area contributed by atoms with E-state index in [-0.39, 0.29) is 0 Å². The molecule has 0 aromatic heterocycles. The summed E-state index contributed by atoms with van der Waals surface area (Å²) in [5, 5.41) is 0. The largest absolute Gasteiger partial charge is 0.299 e. The highest BCUT2D eigenvalue weighted by atomic mass is 16.1. The summed E-state index contributed by atoms with van der Waals surface area (Å²) in [5.74, 6) is 0. The van der Waals surface area contributed by atoms with Gasteiger partial charge in [-0.25, -0.2) is 0 Å². The van der Waals surface area contributed by atoms with Crippen LogP contribution in [0.15, 0.2) is 42.5 Å². The first-order chi connectivity index (χ1) is 8.40. The number of aldehydes is 1. The van der Waals surface area contributed by atoms with E-state index in [0.29, 0.717) is 6.04 Å². The average molecular weight is 229 g/mol. The lowest BCUT2D eigenvalue weighted by molar-refractivity contribution is -0.104. The van der Waals surface area contributed by atoms with Gasteiger partial charge in [0.05, 0.1) is 0 Å². The Morgan fingerprint density at radius 1 is 1.24 bits per heavy atom. The summed E-state index contributed by atoms with van der Waals surface area (Å²) in [6.07, 6.45) is 8.23. The van der Waals surface area contributed by atoms with Crippen molar-refractivity contribution in [2.24, 2.45) is 0 Å². The van der Waals surface area contributed by atoms with Gasteiger partial charge in [-0.15, -0.1) is 0 Å². The maximum absolute atomic E-state index is 10.4. The summed E-state index contributed by atoms with van der Waals surface area (Å²) in [6.45, 7) is 2.11. The number of hydrogen-bond acceptors (Lipinski definition) is 2. The number of likely N-dealkylation sites (tertiary alicyclic amines) is 1. The third kappa shape index (κ3) is 3.53. The van der Waals surface area contributed by atoms with Gasteiger partial charge in [-0.2, -0.15) is 0 Å². The van der Waals surface area contributed by atoms with Crippen molar-refractivity contribution in [2.75, 3.05) is 6.54 Å². The number of nitrogens with zero attached hydrogens (tertiary/aromatic N) is 1. The zero-order valence-electron chi connectivity index (χ0n) is 10.1. The van der Waals surface area contributed by atoms with Gasteiger partial charge in [-0.05, 0) is 31.0 Å². The van der Waals surface area contributed by atoms with Crippen LogP contribution in [0.2, 0.25) is 0 Å². The first-order valence-corrected chi connectivity index (χ1v) is 6.30. The predicted octanol–water partition coefficient (Wildman–Crippen LogP) is 2.80. The normalized spacial score (nSPS) is 21.8. The minimum absolute atomic E-state index is 0.425. The topological polar surface area (TPSA) is 20.3 Å². The summed E-state index contributed by atoms with van der Waals surface area (Å²) in [5.41, 5.74) is 1.35. The van der Waals surface area contributed by atoms with Crippen molar-refractivity contribution in [1.82, 2.24) is 4.90 Å². The molecule has 0 saturated carbocycles. The minimum atomic E-state index is 0.425. The number of piperidine rings is 1. The molecule has 1 aliphatic heterocycles. The first-order valence-electron chi connectivity index (χ1n) is 6.30. The molecule has 0 bridgehead atoms. The second-order valence-corrected chi connectivity index (χ2v) is 4.54. The molecule has 2 rings (SSSR count). The molecule has 1 unspecified atom stereocenters. The third-order valence-corrected chi connectivity index (χ3v) is 3.30. The molecule has 17 heavy (non-hydrogen) atoms. The van der Waals surface area contributed by atoms with Gasteiger partial charge in [-0.3, -0.25) is 9.69 Å². The van der Waals surface area contributed by atoms with E-state index in [9.17, 15) is 4.79 Å². The van der Waals surface area contributed by atoms with E-state index in [1.54, 1.807) is 6.08 Å². The van der Waals surface area contributed by atoms with Gasteiger partial charge in [0.15, 0.2) is 0 Å². The highest BCUT2D eigenvalue weighted by molar-refractivity contribution is 5.64. The van der Waals surface area contributed by atoms with Crippen molar-refractivity contribution in [2.45, 2.75) is 31.8 Å². The zero-order valence-corrected chi connectivity index (χ0v) is 10.1. The predicted molar refractivity (Wildman–Crippen MR) is 69.7 cm³/mol. The fourth-order valence-corrected chi connectivity index (χ4v) is 2.42. The molecule has 1 aliphatic rings. The molecular formula is C15H19NO. The van der Waals surface area contributed by atoms with Gasteiger partial charge in [0.1, 0.15) is 6.29 Å². The average Bonchev–Trinajstić information content (AvgIpc) is 2.39. The van der Waals surface area contributed by atoms with E-state index < -0.39 is 0 Å². The summed E-state index contributed by atoms with van der Waals surface area (Å²) in [6, 6.07) is 11.0. The minimum Gasteiger partial charge on any atom is -0.299 e. The van der Waals surface area contributed by atoms with Crippen LogP contribution in [-0.4, -0.2) is 23.8 Å². The van der Waals surface area contributed by atoms with Gasteiger partial charge in [0.25, 0.3) is 0 Å².